The summed E-state index contributed by atoms with van der Waals surface area (Å²) in [5.74, 6) is -0.368. The van der Waals surface area contributed by atoms with Crippen LogP contribution in [0.25, 0.3) is 0 Å². The van der Waals surface area contributed by atoms with E-state index in [1.54, 1.807) is 49.9 Å². The summed E-state index contributed by atoms with van der Waals surface area (Å²) in [5, 5.41) is -0.630. The van der Waals surface area contributed by atoms with Gasteiger partial charge in [-0.3, -0.25) is 4.90 Å². The fraction of sp³-hybridized carbons (Fsp3) is 0.500. The maximum absolute atomic E-state index is 14.1. The molecule has 2 rings (SSSR count). The van der Waals surface area contributed by atoms with Crippen molar-refractivity contribution in [3.63, 3.8) is 0 Å². The number of ether oxygens (including phenoxy) is 1. The van der Waals surface area contributed by atoms with Crippen LogP contribution in [0.4, 0.5) is 4.39 Å². The Balaban J connectivity index is 2.43. The molecule has 2 aromatic rings. The SMILES string of the molecule is COCCN(C)Cc1cnc(S(=O)(=O)C(C)C)n1Cc1ccccc1F. The molecule has 1 aromatic heterocycles. The average Bonchev–Trinajstić information content (AvgIpc) is 2.98. The molecule has 0 bridgehead atoms. The predicted molar refractivity (Wildman–Crippen MR) is 98.3 cm³/mol. The third kappa shape index (κ3) is 4.69. The second kappa shape index (κ2) is 8.75. The zero-order chi connectivity index (χ0) is 19.3. The Morgan fingerprint density at radius 2 is 2.00 bits per heavy atom. The average molecular weight is 383 g/mol. The first-order valence-electron chi connectivity index (χ1n) is 8.46. The molecule has 6 nitrogen and oxygen atoms in total. The van der Waals surface area contributed by atoms with Gasteiger partial charge in [-0.25, -0.2) is 17.8 Å². The molecule has 1 aromatic carbocycles. The Hall–Kier alpha value is -1.77. The van der Waals surface area contributed by atoms with Crippen LogP contribution in [0.15, 0.2) is 35.6 Å². The van der Waals surface area contributed by atoms with Crippen molar-refractivity contribution in [1.29, 1.82) is 0 Å². The Morgan fingerprint density at radius 1 is 1.31 bits per heavy atom. The van der Waals surface area contributed by atoms with Crippen molar-refractivity contribution < 1.29 is 17.5 Å². The van der Waals surface area contributed by atoms with Crippen LogP contribution < -0.4 is 0 Å². The van der Waals surface area contributed by atoms with Gasteiger partial charge >= 0.3 is 0 Å². The molecular weight excluding hydrogens is 357 g/mol. The third-order valence-corrected chi connectivity index (χ3v) is 6.25. The third-order valence-electron chi connectivity index (χ3n) is 4.17. The number of aromatic nitrogens is 2. The fourth-order valence-electron chi connectivity index (χ4n) is 2.52. The predicted octanol–water partition coefficient (Wildman–Crippen LogP) is 2.33. The lowest BCUT2D eigenvalue weighted by Crippen LogP contribution is -2.25. The van der Waals surface area contributed by atoms with Crippen LogP contribution in [0, 0.1) is 5.82 Å². The first-order chi connectivity index (χ1) is 12.3. The molecule has 0 aliphatic heterocycles. The van der Waals surface area contributed by atoms with E-state index >= 15 is 0 Å². The Labute approximate surface area is 154 Å². The van der Waals surface area contributed by atoms with E-state index in [1.165, 1.54) is 6.07 Å². The quantitative estimate of drug-likeness (QED) is 0.665. The van der Waals surface area contributed by atoms with Gasteiger partial charge in [0.05, 0.1) is 30.3 Å². The second-order valence-electron chi connectivity index (χ2n) is 6.53. The molecule has 0 saturated heterocycles. The molecule has 0 saturated carbocycles. The largest absolute Gasteiger partial charge is 0.383 e. The van der Waals surface area contributed by atoms with E-state index in [4.69, 9.17) is 4.74 Å². The van der Waals surface area contributed by atoms with Crippen LogP contribution >= 0.6 is 0 Å². The lowest BCUT2D eigenvalue weighted by molar-refractivity contribution is 0.157. The van der Waals surface area contributed by atoms with Gasteiger partial charge in [0.15, 0.2) is 0 Å². The number of methoxy groups -OCH3 is 1. The minimum atomic E-state index is -3.59. The summed E-state index contributed by atoms with van der Waals surface area (Å²) >= 11 is 0. The van der Waals surface area contributed by atoms with Crippen LogP contribution in [-0.2, 0) is 27.7 Å². The molecule has 0 unspecified atom stereocenters. The van der Waals surface area contributed by atoms with Crippen molar-refractivity contribution in [2.24, 2.45) is 0 Å². The van der Waals surface area contributed by atoms with E-state index in [0.717, 1.165) is 0 Å². The zero-order valence-electron chi connectivity index (χ0n) is 15.6. The number of imidazole rings is 1. The van der Waals surface area contributed by atoms with E-state index in [2.05, 4.69) is 4.98 Å². The van der Waals surface area contributed by atoms with E-state index in [-0.39, 0.29) is 17.5 Å². The topological polar surface area (TPSA) is 64.4 Å². The summed E-state index contributed by atoms with van der Waals surface area (Å²) in [6.07, 6.45) is 1.55. The second-order valence-corrected chi connectivity index (χ2v) is 8.93. The molecule has 0 spiro atoms. The fourth-order valence-corrected chi connectivity index (χ4v) is 3.64. The first-order valence-corrected chi connectivity index (χ1v) is 10.0. The number of sulfone groups is 1. The van der Waals surface area contributed by atoms with Gasteiger partial charge in [0.2, 0.25) is 15.0 Å². The van der Waals surface area contributed by atoms with Crippen LogP contribution in [0.1, 0.15) is 25.1 Å². The van der Waals surface area contributed by atoms with E-state index in [9.17, 15) is 12.8 Å². The molecular formula is C18H26FN3O3S. The number of nitrogens with zero attached hydrogens (tertiary/aromatic N) is 3. The molecule has 0 fully saturated rings. The number of benzene rings is 1. The molecule has 26 heavy (non-hydrogen) atoms. The summed E-state index contributed by atoms with van der Waals surface area (Å²) in [5.41, 5.74) is 1.14. The summed E-state index contributed by atoms with van der Waals surface area (Å²) in [6, 6.07) is 6.36. The van der Waals surface area contributed by atoms with Gasteiger partial charge in [-0.05, 0) is 27.0 Å². The van der Waals surface area contributed by atoms with Crippen LogP contribution in [0.2, 0.25) is 0 Å². The van der Waals surface area contributed by atoms with Gasteiger partial charge < -0.3 is 9.30 Å². The molecule has 0 radical (unpaired) electrons. The van der Waals surface area contributed by atoms with Gasteiger partial charge in [0.1, 0.15) is 5.82 Å². The van der Waals surface area contributed by atoms with Crippen molar-refractivity contribution in [2.45, 2.75) is 37.3 Å². The number of halogens is 1. The molecule has 0 amide bonds. The standard InChI is InChI=1S/C18H26FN3O3S/c1-14(2)26(23,24)18-20-11-16(13-21(3)9-10-25-4)22(18)12-15-7-5-6-8-17(15)19/h5-8,11,14H,9-10,12-13H2,1-4H3. The maximum atomic E-state index is 14.1. The number of rotatable bonds is 9. The van der Waals surface area contributed by atoms with Gasteiger partial charge in [-0.1, -0.05) is 18.2 Å². The monoisotopic (exact) mass is 383 g/mol. The van der Waals surface area contributed by atoms with Crippen LogP contribution in [0.5, 0.6) is 0 Å². The first kappa shape index (κ1) is 20.5. The number of hydrogen-bond donors (Lipinski definition) is 0. The van der Waals surface area contributed by atoms with Gasteiger partial charge in [-0.2, -0.15) is 0 Å². The lowest BCUT2D eigenvalue weighted by Gasteiger charge is -2.19. The normalized spacial score (nSPS) is 12.3. The minimum absolute atomic E-state index is 0.0223. The number of hydrogen-bond acceptors (Lipinski definition) is 5. The van der Waals surface area contributed by atoms with Crippen LogP contribution in [-0.4, -0.2) is 55.4 Å². The van der Waals surface area contributed by atoms with E-state index < -0.39 is 15.1 Å². The van der Waals surface area contributed by atoms with Crippen molar-refractivity contribution in [3.05, 3.63) is 47.5 Å². The van der Waals surface area contributed by atoms with Crippen molar-refractivity contribution in [2.75, 3.05) is 27.3 Å². The maximum Gasteiger partial charge on any atom is 0.228 e. The zero-order valence-corrected chi connectivity index (χ0v) is 16.5. The molecule has 0 aliphatic carbocycles. The molecule has 0 aliphatic rings. The highest BCUT2D eigenvalue weighted by Crippen LogP contribution is 2.20. The van der Waals surface area contributed by atoms with Crippen molar-refractivity contribution in [3.8, 4) is 0 Å². The van der Waals surface area contributed by atoms with E-state index in [0.29, 0.717) is 31.0 Å². The minimum Gasteiger partial charge on any atom is -0.383 e. The van der Waals surface area contributed by atoms with Crippen molar-refractivity contribution in [1.82, 2.24) is 14.5 Å². The molecule has 8 heteroatoms. The van der Waals surface area contributed by atoms with Crippen LogP contribution in [0.3, 0.4) is 0 Å². The molecule has 1 heterocycles. The van der Waals surface area contributed by atoms with E-state index in [1.807, 2.05) is 11.9 Å². The molecule has 0 N–H and O–H groups in total. The smallest absolute Gasteiger partial charge is 0.228 e. The highest BCUT2D eigenvalue weighted by Gasteiger charge is 2.27. The summed E-state index contributed by atoms with van der Waals surface area (Å²) in [4.78, 5) is 6.17. The molecule has 144 valence electrons. The summed E-state index contributed by atoms with van der Waals surface area (Å²) < 4.78 is 46.2. The molecule has 0 atom stereocenters. The van der Waals surface area contributed by atoms with Gasteiger partial charge in [0, 0.05) is 25.8 Å². The highest BCUT2D eigenvalue weighted by atomic mass is 32.2. The lowest BCUT2D eigenvalue weighted by atomic mass is 10.2. The Kier molecular flexibility index (Phi) is 6.91. The Bertz CT molecular complexity index is 834. The highest BCUT2D eigenvalue weighted by molar-refractivity contribution is 7.91. The van der Waals surface area contributed by atoms with Gasteiger partial charge in [0.25, 0.3) is 0 Å². The Morgan fingerprint density at radius 3 is 2.62 bits per heavy atom. The summed E-state index contributed by atoms with van der Waals surface area (Å²) in [7, 11) is -0.0449. The summed E-state index contributed by atoms with van der Waals surface area (Å²) in [6.45, 7) is 5.08. The number of likely N-dealkylation sites (N-methyl/N-ethyl adjacent to an activating group) is 1. The van der Waals surface area contributed by atoms with Crippen molar-refractivity contribution >= 4 is 9.84 Å². The van der Waals surface area contributed by atoms with Gasteiger partial charge in [-0.15, -0.1) is 0 Å².